The first-order valence-electron chi connectivity index (χ1n) is 5.31. The van der Waals surface area contributed by atoms with E-state index in [1.807, 2.05) is 0 Å². The summed E-state index contributed by atoms with van der Waals surface area (Å²) < 4.78 is 43.5. The fourth-order valence-electron chi connectivity index (χ4n) is 1.38. The first kappa shape index (κ1) is 16.7. The Bertz CT molecular complexity index is 302. The second kappa shape index (κ2) is 6.58. The normalized spacial score (nSPS) is 14.9. The van der Waals surface area contributed by atoms with Gasteiger partial charge in [-0.1, -0.05) is 6.92 Å². The first-order chi connectivity index (χ1) is 8.19. The number of halogens is 3. The highest BCUT2D eigenvalue weighted by molar-refractivity contribution is 5.99. The van der Waals surface area contributed by atoms with Crippen LogP contribution in [-0.2, 0) is 19.1 Å². The number of rotatable bonds is 7. The second-order valence-electron chi connectivity index (χ2n) is 3.51. The van der Waals surface area contributed by atoms with Gasteiger partial charge in [-0.3, -0.25) is 14.3 Å². The van der Waals surface area contributed by atoms with Gasteiger partial charge in [0.15, 0.2) is 5.41 Å². The zero-order valence-corrected chi connectivity index (χ0v) is 10.0. The Morgan fingerprint density at radius 1 is 1.22 bits per heavy atom. The molecule has 106 valence electrons. The van der Waals surface area contributed by atoms with Crippen LogP contribution in [0.2, 0.25) is 0 Å². The zero-order chi connectivity index (χ0) is 14.4. The second-order valence-corrected chi connectivity index (χ2v) is 3.51. The van der Waals surface area contributed by atoms with Crippen LogP contribution >= 0.6 is 0 Å². The van der Waals surface area contributed by atoms with Gasteiger partial charge in [-0.15, -0.1) is 13.2 Å². The van der Waals surface area contributed by atoms with E-state index in [2.05, 4.69) is 9.47 Å². The molecule has 0 saturated heterocycles. The topological polar surface area (TPSA) is 72.8 Å². The van der Waals surface area contributed by atoms with Crippen molar-refractivity contribution in [2.45, 2.75) is 33.1 Å². The van der Waals surface area contributed by atoms with E-state index in [9.17, 15) is 22.8 Å². The zero-order valence-electron chi connectivity index (χ0n) is 10.0. The van der Waals surface area contributed by atoms with Gasteiger partial charge in [0.25, 0.3) is 0 Å². The Morgan fingerprint density at radius 2 is 1.78 bits per heavy atom. The number of carbonyl (C=O) groups excluding carboxylic acids is 1. The van der Waals surface area contributed by atoms with E-state index in [4.69, 9.17) is 5.11 Å². The summed E-state index contributed by atoms with van der Waals surface area (Å²) in [5, 5.41) is 9.01. The number of carbonyl (C=O) groups is 2. The maximum atomic E-state index is 11.8. The number of hydrogen-bond donors (Lipinski definition) is 1. The minimum Gasteiger partial charge on any atom is -0.480 e. The van der Waals surface area contributed by atoms with Crippen molar-refractivity contribution in [3.8, 4) is 0 Å². The summed E-state index contributed by atoms with van der Waals surface area (Å²) in [6.07, 6.45) is -5.63. The molecule has 8 heteroatoms. The highest BCUT2D eigenvalue weighted by atomic mass is 19.4. The van der Waals surface area contributed by atoms with E-state index < -0.39 is 36.7 Å². The Kier molecular flexibility index (Phi) is 6.10. The fraction of sp³-hybridized carbons (Fsp3) is 0.800. The van der Waals surface area contributed by atoms with Crippen LogP contribution in [0.5, 0.6) is 0 Å². The lowest BCUT2D eigenvalue weighted by molar-refractivity contribution is -0.326. The van der Waals surface area contributed by atoms with Crippen molar-refractivity contribution in [1.29, 1.82) is 0 Å². The van der Waals surface area contributed by atoms with Crippen LogP contribution in [0.1, 0.15) is 26.7 Å². The van der Waals surface area contributed by atoms with Gasteiger partial charge in [-0.25, -0.2) is 0 Å². The van der Waals surface area contributed by atoms with Gasteiger partial charge in [0.2, 0.25) is 0 Å². The quantitative estimate of drug-likeness (QED) is 0.566. The van der Waals surface area contributed by atoms with Gasteiger partial charge in [-0.05, 0) is 19.8 Å². The number of alkyl halides is 3. The lowest BCUT2D eigenvalue weighted by atomic mass is 9.82. The van der Waals surface area contributed by atoms with Crippen molar-refractivity contribution < 1.29 is 37.3 Å². The van der Waals surface area contributed by atoms with Crippen molar-refractivity contribution in [3.05, 3.63) is 0 Å². The SMILES string of the molecule is CCOC(=O)C(CC)(CCOC(F)(F)F)C(=O)O. The average molecular weight is 272 g/mol. The van der Waals surface area contributed by atoms with Gasteiger partial charge in [0.05, 0.1) is 13.2 Å². The maximum absolute atomic E-state index is 11.8. The van der Waals surface area contributed by atoms with E-state index in [0.29, 0.717) is 0 Å². The number of hydrogen-bond acceptors (Lipinski definition) is 4. The molecule has 0 saturated carbocycles. The molecule has 0 aromatic carbocycles. The molecule has 0 heterocycles. The summed E-state index contributed by atoms with van der Waals surface area (Å²) >= 11 is 0. The fourth-order valence-corrected chi connectivity index (χ4v) is 1.38. The minimum absolute atomic E-state index is 0.0476. The van der Waals surface area contributed by atoms with Crippen LogP contribution in [0.4, 0.5) is 13.2 Å². The summed E-state index contributed by atoms with van der Waals surface area (Å²) in [6, 6.07) is 0. The van der Waals surface area contributed by atoms with E-state index in [-0.39, 0.29) is 13.0 Å². The van der Waals surface area contributed by atoms with Gasteiger partial charge in [0.1, 0.15) is 0 Å². The molecule has 0 spiro atoms. The molecule has 1 unspecified atom stereocenters. The third-order valence-electron chi connectivity index (χ3n) is 2.47. The molecule has 0 rings (SSSR count). The van der Waals surface area contributed by atoms with Crippen LogP contribution < -0.4 is 0 Å². The highest BCUT2D eigenvalue weighted by Gasteiger charge is 2.46. The van der Waals surface area contributed by atoms with Gasteiger partial charge >= 0.3 is 18.3 Å². The molecule has 0 aromatic heterocycles. The third kappa shape index (κ3) is 4.52. The van der Waals surface area contributed by atoms with Gasteiger partial charge in [0, 0.05) is 0 Å². The van der Waals surface area contributed by atoms with E-state index in [1.165, 1.54) is 13.8 Å². The van der Waals surface area contributed by atoms with Crippen molar-refractivity contribution >= 4 is 11.9 Å². The Balaban J connectivity index is 4.78. The summed E-state index contributed by atoms with van der Waals surface area (Å²) in [6.45, 7) is 1.90. The van der Waals surface area contributed by atoms with Crippen LogP contribution in [-0.4, -0.2) is 36.6 Å². The van der Waals surface area contributed by atoms with Crippen molar-refractivity contribution in [2.75, 3.05) is 13.2 Å². The highest BCUT2D eigenvalue weighted by Crippen LogP contribution is 2.30. The van der Waals surface area contributed by atoms with Crippen molar-refractivity contribution in [2.24, 2.45) is 5.41 Å². The molecule has 1 atom stereocenters. The summed E-state index contributed by atoms with van der Waals surface area (Å²) in [5.41, 5.74) is -2.00. The Labute approximate surface area is 102 Å². The molecule has 0 aromatic rings. The molecule has 1 N–H and O–H groups in total. The third-order valence-corrected chi connectivity index (χ3v) is 2.47. The predicted octanol–water partition coefficient (Wildman–Crippen LogP) is 1.96. The van der Waals surface area contributed by atoms with E-state index in [0.717, 1.165) is 0 Å². The lowest BCUT2D eigenvalue weighted by Crippen LogP contribution is -2.41. The minimum atomic E-state index is -4.85. The number of aliphatic carboxylic acids is 1. The molecule has 0 aliphatic heterocycles. The summed E-state index contributed by atoms with van der Waals surface area (Å²) in [5.74, 6) is -2.57. The lowest BCUT2D eigenvalue weighted by Gasteiger charge is -2.25. The molecule has 0 bridgehead atoms. The molecule has 0 aliphatic rings. The maximum Gasteiger partial charge on any atom is 0.522 e. The number of esters is 1. The van der Waals surface area contributed by atoms with Crippen LogP contribution in [0.15, 0.2) is 0 Å². The average Bonchev–Trinajstić information content (AvgIpc) is 2.22. The molecular formula is C10H15F3O5. The van der Waals surface area contributed by atoms with Gasteiger partial charge in [-0.2, -0.15) is 0 Å². The molecular weight excluding hydrogens is 257 g/mol. The standard InChI is InChI=1S/C10H15F3O5/c1-3-9(7(14)15,8(16)17-4-2)5-6-18-10(11,12)13/h3-6H2,1-2H3,(H,14,15). The molecule has 5 nitrogen and oxygen atoms in total. The number of ether oxygens (including phenoxy) is 2. The summed E-state index contributed by atoms with van der Waals surface area (Å²) in [7, 11) is 0. The monoisotopic (exact) mass is 272 g/mol. The summed E-state index contributed by atoms with van der Waals surface area (Å²) in [4.78, 5) is 22.6. The van der Waals surface area contributed by atoms with Crippen LogP contribution in [0.25, 0.3) is 0 Å². The van der Waals surface area contributed by atoms with E-state index >= 15 is 0 Å². The molecule has 0 aliphatic carbocycles. The Hall–Kier alpha value is -1.31. The Morgan fingerprint density at radius 3 is 2.11 bits per heavy atom. The first-order valence-corrected chi connectivity index (χ1v) is 5.31. The van der Waals surface area contributed by atoms with E-state index in [1.54, 1.807) is 0 Å². The van der Waals surface area contributed by atoms with Crippen molar-refractivity contribution in [1.82, 2.24) is 0 Å². The number of carboxylic acids is 1. The smallest absolute Gasteiger partial charge is 0.480 e. The van der Waals surface area contributed by atoms with Gasteiger partial charge < -0.3 is 9.84 Å². The molecule has 0 fully saturated rings. The largest absolute Gasteiger partial charge is 0.522 e. The predicted molar refractivity (Wildman–Crippen MR) is 53.6 cm³/mol. The molecule has 0 radical (unpaired) electrons. The number of carboxylic acid groups (broad SMARTS) is 1. The van der Waals surface area contributed by atoms with Crippen molar-refractivity contribution in [3.63, 3.8) is 0 Å². The van der Waals surface area contributed by atoms with Crippen LogP contribution in [0, 0.1) is 5.41 Å². The molecule has 18 heavy (non-hydrogen) atoms. The molecule has 0 amide bonds. The van der Waals surface area contributed by atoms with Crippen LogP contribution in [0.3, 0.4) is 0 Å².